The highest BCUT2D eigenvalue weighted by Crippen LogP contribution is 2.17. The second kappa shape index (κ2) is 8.64. The quantitative estimate of drug-likeness (QED) is 0.758. The minimum absolute atomic E-state index is 0.148. The lowest BCUT2D eigenvalue weighted by molar-refractivity contribution is -0.124. The number of benzene rings is 2. The minimum Gasteiger partial charge on any atom is -0.452 e. The minimum atomic E-state index is -0.530. The Morgan fingerprint density at radius 3 is 2.42 bits per heavy atom. The first-order valence-electron chi connectivity index (χ1n) is 7.81. The lowest BCUT2D eigenvalue weighted by atomic mass is 10.1. The Morgan fingerprint density at radius 2 is 1.79 bits per heavy atom. The van der Waals surface area contributed by atoms with Gasteiger partial charge in [0.15, 0.2) is 6.61 Å². The van der Waals surface area contributed by atoms with Crippen molar-refractivity contribution in [3.8, 4) is 0 Å². The summed E-state index contributed by atoms with van der Waals surface area (Å²) < 4.78 is 5.70. The summed E-state index contributed by atoms with van der Waals surface area (Å²) >= 11 is 3.29. The summed E-state index contributed by atoms with van der Waals surface area (Å²) in [6.45, 7) is 3.69. The number of hydrogen-bond acceptors (Lipinski definition) is 3. The van der Waals surface area contributed by atoms with Crippen LogP contribution in [0.4, 0.5) is 0 Å². The number of aryl methyl sites for hydroxylation is 1. The molecule has 0 fully saturated rings. The highest BCUT2D eigenvalue weighted by Gasteiger charge is 2.14. The van der Waals surface area contributed by atoms with Gasteiger partial charge in [0.25, 0.3) is 5.91 Å². The summed E-state index contributed by atoms with van der Waals surface area (Å²) in [5.74, 6) is -0.861. The van der Waals surface area contributed by atoms with Gasteiger partial charge in [0.1, 0.15) is 0 Å². The van der Waals surface area contributed by atoms with E-state index < -0.39 is 5.97 Å². The molecule has 1 amide bonds. The normalized spacial score (nSPS) is 11.6. The van der Waals surface area contributed by atoms with E-state index in [1.807, 2.05) is 31.2 Å². The van der Waals surface area contributed by atoms with Crippen LogP contribution in [0, 0.1) is 0 Å². The Kier molecular flexibility index (Phi) is 6.55. The molecule has 0 aliphatic heterocycles. The number of rotatable bonds is 6. The van der Waals surface area contributed by atoms with Crippen molar-refractivity contribution >= 4 is 27.8 Å². The lowest BCUT2D eigenvalue weighted by Gasteiger charge is -2.15. The molecule has 0 aliphatic rings. The Labute approximate surface area is 150 Å². The van der Waals surface area contributed by atoms with Gasteiger partial charge < -0.3 is 10.1 Å². The van der Waals surface area contributed by atoms with Crippen LogP contribution in [0.3, 0.4) is 0 Å². The largest absolute Gasteiger partial charge is 0.452 e. The zero-order chi connectivity index (χ0) is 17.5. The standard InChI is InChI=1S/C19H20BrNO3/c1-3-14-8-10-15(11-9-14)13(2)21-18(22)12-24-19(23)16-6-4-5-7-17(16)20/h4-11,13H,3,12H2,1-2H3,(H,21,22). The van der Waals surface area contributed by atoms with Gasteiger partial charge in [0.05, 0.1) is 11.6 Å². The molecule has 1 atom stereocenters. The molecule has 0 heterocycles. The maximum absolute atomic E-state index is 12.0. The zero-order valence-electron chi connectivity index (χ0n) is 13.7. The molecule has 0 aromatic heterocycles. The van der Waals surface area contributed by atoms with Gasteiger partial charge in [-0.15, -0.1) is 0 Å². The van der Waals surface area contributed by atoms with Gasteiger partial charge in [-0.3, -0.25) is 4.79 Å². The molecule has 24 heavy (non-hydrogen) atoms. The molecule has 0 saturated carbocycles. The summed E-state index contributed by atoms with van der Waals surface area (Å²) in [5.41, 5.74) is 2.66. The van der Waals surface area contributed by atoms with Crippen molar-refractivity contribution in [2.45, 2.75) is 26.3 Å². The molecule has 0 spiro atoms. The van der Waals surface area contributed by atoms with Gasteiger partial charge in [0, 0.05) is 4.47 Å². The number of carbonyl (C=O) groups is 2. The van der Waals surface area contributed by atoms with E-state index in [0.717, 1.165) is 12.0 Å². The van der Waals surface area contributed by atoms with Crippen LogP contribution in [0.5, 0.6) is 0 Å². The first-order chi connectivity index (χ1) is 11.5. The smallest absolute Gasteiger partial charge is 0.339 e. The van der Waals surface area contributed by atoms with Gasteiger partial charge >= 0.3 is 5.97 Å². The number of amides is 1. The second-order valence-electron chi connectivity index (χ2n) is 5.44. The molecule has 2 aromatic rings. The first kappa shape index (κ1) is 18.2. The Balaban J connectivity index is 1.86. The van der Waals surface area contributed by atoms with Crippen LogP contribution in [-0.4, -0.2) is 18.5 Å². The van der Waals surface area contributed by atoms with E-state index in [-0.39, 0.29) is 18.6 Å². The number of halogens is 1. The van der Waals surface area contributed by atoms with Gasteiger partial charge in [-0.1, -0.05) is 43.3 Å². The molecule has 1 N–H and O–H groups in total. The number of hydrogen-bond donors (Lipinski definition) is 1. The molecule has 1 unspecified atom stereocenters. The molecular formula is C19H20BrNO3. The molecular weight excluding hydrogens is 370 g/mol. The fourth-order valence-corrected chi connectivity index (χ4v) is 2.69. The number of nitrogens with one attached hydrogen (secondary N) is 1. The van der Waals surface area contributed by atoms with Crippen molar-refractivity contribution in [3.05, 3.63) is 69.7 Å². The van der Waals surface area contributed by atoms with Gasteiger partial charge in [-0.05, 0) is 52.5 Å². The number of ether oxygens (including phenoxy) is 1. The Bertz CT molecular complexity index is 713. The summed E-state index contributed by atoms with van der Waals surface area (Å²) in [6.07, 6.45) is 0.978. The molecule has 0 bridgehead atoms. The highest BCUT2D eigenvalue weighted by molar-refractivity contribution is 9.10. The van der Waals surface area contributed by atoms with Crippen molar-refractivity contribution in [1.29, 1.82) is 0 Å². The highest BCUT2D eigenvalue weighted by atomic mass is 79.9. The van der Waals surface area contributed by atoms with Crippen LogP contribution in [0.2, 0.25) is 0 Å². The van der Waals surface area contributed by atoms with E-state index in [1.165, 1.54) is 5.56 Å². The van der Waals surface area contributed by atoms with E-state index in [9.17, 15) is 9.59 Å². The fourth-order valence-electron chi connectivity index (χ4n) is 2.24. The summed E-state index contributed by atoms with van der Waals surface area (Å²) in [7, 11) is 0. The molecule has 4 nitrogen and oxygen atoms in total. The van der Waals surface area contributed by atoms with E-state index in [4.69, 9.17) is 4.74 Å². The van der Waals surface area contributed by atoms with Crippen LogP contribution in [-0.2, 0) is 16.0 Å². The monoisotopic (exact) mass is 389 g/mol. The first-order valence-corrected chi connectivity index (χ1v) is 8.60. The third-order valence-corrected chi connectivity index (χ3v) is 4.39. The maximum Gasteiger partial charge on any atom is 0.339 e. The average molecular weight is 390 g/mol. The second-order valence-corrected chi connectivity index (χ2v) is 6.29. The lowest BCUT2D eigenvalue weighted by Crippen LogP contribution is -2.31. The van der Waals surface area contributed by atoms with Gasteiger partial charge in [-0.25, -0.2) is 4.79 Å². The molecule has 2 rings (SSSR count). The van der Waals surface area contributed by atoms with Gasteiger partial charge in [-0.2, -0.15) is 0 Å². The molecule has 5 heteroatoms. The SMILES string of the molecule is CCc1ccc(C(C)NC(=O)COC(=O)c2ccccc2Br)cc1. The summed E-state index contributed by atoms with van der Waals surface area (Å²) in [6, 6.07) is 14.9. The molecule has 2 aromatic carbocycles. The Hall–Kier alpha value is -2.14. The number of esters is 1. The zero-order valence-corrected chi connectivity index (χ0v) is 15.3. The van der Waals surface area contributed by atoms with Crippen LogP contribution in [0.15, 0.2) is 53.0 Å². The van der Waals surface area contributed by atoms with Crippen LogP contribution in [0.1, 0.15) is 41.4 Å². The third kappa shape index (κ3) is 4.93. The van der Waals surface area contributed by atoms with E-state index in [0.29, 0.717) is 10.0 Å². The van der Waals surface area contributed by atoms with E-state index >= 15 is 0 Å². The van der Waals surface area contributed by atoms with Crippen molar-refractivity contribution in [1.82, 2.24) is 5.32 Å². The van der Waals surface area contributed by atoms with Crippen molar-refractivity contribution in [3.63, 3.8) is 0 Å². The molecule has 0 saturated heterocycles. The van der Waals surface area contributed by atoms with Crippen LogP contribution < -0.4 is 5.32 Å². The van der Waals surface area contributed by atoms with Crippen molar-refractivity contribution < 1.29 is 14.3 Å². The average Bonchev–Trinajstić information content (AvgIpc) is 2.60. The van der Waals surface area contributed by atoms with E-state index in [2.05, 4.69) is 28.2 Å². The van der Waals surface area contributed by atoms with Crippen molar-refractivity contribution in [2.24, 2.45) is 0 Å². The van der Waals surface area contributed by atoms with Crippen LogP contribution >= 0.6 is 15.9 Å². The van der Waals surface area contributed by atoms with Crippen molar-refractivity contribution in [2.75, 3.05) is 6.61 Å². The molecule has 0 radical (unpaired) electrons. The van der Waals surface area contributed by atoms with E-state index in [1.54, 1.807) is 24.3 Å². The predicted octanol–water partition coefficient (Wildman–Crippen LogP) is 4.05. The fraction of sp³-hybridized carbons (Fsp3) is 0.263. The third-order valence-electron chi connectivity index (χ3n) is 3.69. The molecule has 126 valence electrons. The van der Waals surface area contributed by atoms with Gasteiger partial charge in [0.2, 0.25) is 0 Å². The van der Waals surface area contributed by atoms with Crippen LogP contribution in [0.25, 0.3) is 0 Å². The summed E-state index contributed by atoms with van der Waals surface area (Å²) in [5, 5.41) is 2.83. The maximum atomic E-state index is 12.0. The number of carbonyl (C=O) groups excluding carboxylic acids is 2. The topological polar surface area (TPSA) is 55.4 Å². The Morgan fingerprint density at radius 1 is 1.12 bits per heavy atom. The summed E-state index contributed by atoms with van der Waals surface area (Å²) in [4.78, 5) is 23.9. The predicted molar refractivity (Wildman–Crippen MR) is 96.8 cm³/mol. The molecule has 0 aliphatic carbocycles.